The van der Waals surface area contributed by atoms with Crippen molar-refractivity contribution in [2.75, 3.05) is 11.9 Å². The van der Waals surface area contributed by atoms with E-state index in [9.17, 15) is 0 Å². The molecule has 0 bridgehead atoms. The number of ether oxygens (including phenoxy) is 1. The van der Waals surface area contributed by atoms with E-state index in [0.717, 1.165) is 11.9 Å². The molecule has 1 unspecified atom stereocenters. The molecule has 0 saturated carbocycles. The molecule has 1 atom stereocenters. The van der Waals surface area contributed by atoms with E-state index < -0.39 is 0 Å². The van der Waals surface area contributed by atoms with Crippen LogP contribution in [0.4, 0.5) is 0 Å². The highest BCUT2D eigenvalue weighted by Gasteiger charge is 2.28. The van der Waals surface area contributed by atoms with Gasteiger partial charge >= 0.3 is 0 Å². The largest absolute Gasteiger partial charge is 0.373 e. The minimum atomic E-state index is 0.298. The van der Waals surface area contributed by atoms with Gasteiger partial charge in [-0.25, -0.2) is 0 Å². The number of rotatable bonds is 6. The normalized spacial score (nSPS) is 19.2. The van der Waals surface area contributed by atoms with Crippen LogP contribution in [0.25, 0.3) is 0 Å². The van der Waals surface area contributed by atoms with Gasteiger partial charge in [-0.15, -0.1) is 0 Å². The Hall–Kier alpha value is -0.340. The van der Waals surface area contributed by atoms with Gasteiger partial charge in [0.1, 0.15) is 0 Å². The lowest BCUT2D eigenvalue weighted by molar-refractivity contribution is -0.0135. The van der Waals surface area contributed by atoms with E-state index >= 15 is 0 Å². The SMILES string of the molecule is CCC(CC)(CBr)COC1CCCc2ccccc21. The van der Waals surface area contributed by atoms with Gasteiger partial charge < -0.3 is 4.74 Å². The topological polar surface area (TPSA) is 9.23 Å². The Bertz CT molecular complexity index is 390. The standard InChI is InChI=1S/C17H25BrO/c1-3-17(4-2,12-18)13-19-16-11-7-9-14-8-5-6-10-15(14)16/h5-6,8,10,16H,3-4,7,9,11-13H2,1-2H3. The fourth-order valence-electron chi connectivity index (χ4n) is 2.84. The summed E-state index contributed by atoms with van der Waals surface area (Å²) in [6.07, 6.45) is 6.28. The summed E-state index contributed by atoms with van der Waals surface area (Å²) in [4.78, 5) is 0. The number of fused-ring (bicyclic) bond motifs is 1. The molecule has 1 nitrogen and oxygen atoms in total. The molecule has 0 spiro atoms. The van der Waals surface area contributed by atoms with Crippen molar-refractivity contribution in [3.8, 4) is 0 Å². The first-order chi connectivity index (χ1) is 9.24. The van der Waals surface area contributed by atoms with E-state index in [1.54, 1.807) is 0 Å². The van der Waals surface area contributed by atoms with Gasteiger partial charge in [0.15, 0.2) is 0 Å². The summed E-state index contributed by atoms with van der Waals surface area (Å²) in [7, 11) is 0. The van der Waals surface area contributed by atoms with Crippen LogP contribution in [-0.2, 0) is 11.2 Å². The molecule has 1 aliphatic carbocycles. The van der Waals surface area contributed by atoms with Crippen LogP contribution in [0.2, 0.25) is 0 Å². The van der Waals surface area contributed by atoms with Gasteiger partial charge in [0, 0.05) is 10.7 Å². The smallest absolute Gasteiger partial charge is 0.0828 e. The van der Waals surface area contributed by atoms with E-state index in [2.05, 4.69) is 54.0 Å². The average molecular weight is 325 g/mol. The fraction of sp³-hybridized carbons (Fsp3) is 0.647. The quantitative estimate of drug-likeness (QED) is 0.646. The molecule has 0 aliphatic heterocycles. The fourth-order valence-corrected chi connectivity index (χ4v) is 3.80. The Morgan fingerprint density at radius 1 is 1.26 bits per heavy atom. The van der Waals surface area contributed by atoms with Gasteiger partial charge in [-0.1, -0.05) is 54.0 Å². The molecular formula is C17H25BrO. The predicted octanol–water partition coefficient (Wildman–Crippen LogP) is 5.28. The summed E-state index contributed by atoms with van der Waals surface area (Å²) in [6.45, 7) is 5.40. The van der Waals surface area contributed by atoms with Crippen molar-refractivity contribution in [3.63, 3.8) is 0 Å². The third-order valence-electron chi connectivity index (χ3n) is 4.69. The Balaban J connectivity index is 2.05. The molecule has 0 aromatic heterocycles. The van der Waals surface area contributed by atoms with E-state index in [1.807, 2.05) is 0 Å². The molecule has 0 N–H and O–H groups in total. The lowest BCUT2D eigenvalue weighted by Crippen LogP contribution is -2.29. The third kappa shape index (κ3) is 3.41. The highest BCUT2D eigenvalue weighted by Crippen LogP contribution is 2.36. The van der Waals surface area contributed by atoms with Crippen LogP contribution in [0.3, 0.4) is 0 Å². The van der Waals surface area contributed by atoms with Gasteiger partial charge in [0.2, 0.25) is 0 Å². The molecule has 19 heavy (non-hydrogen) atoms. The molecule has 106 valence electrons. The van der Waals surface area contributed by atoms with E-state index in [-0.39, 0.29) is 0 Å². The van der Waals surface area contributed by atoms with Crippen LogP contribution >= 0.6 is 15.9 Å². The van der Waals surface area contributed by atoms with Gasteiger partial charge in [-0.05, 0) is 43.2 Å². The van der Waals surface area contributed by atoms with Crippen molar-refractivity contribution in [1.82, 2.24) is 0 Å². The zero-order valence-corrected chi connectivity index (χ0v) is 13.7. The summed E-state index contributed by atoms with van der Waals surface area (Å²) in [5, 5.41) is 1.03. The number of alkyl halides is 1. The molecule has 1 aromatic rings. The highest BCUT2D eigenvalue weighted by molar-refractivity contribution is 9.09. The molecule has 2 heteroatoms. The minimum Gasteiger partial charge on any atom is -0.373 e. The van der Waals surface area contributed by atoms with Crippen LogP contribution in [0.15, 0.2) is 24.3 Å². The lowest BCUT2D eigenvalue weighted by Gasteiger charge is -2.33. The van der Waals surface area contributed by atoms with E-state index in [0.29, 0.717) is 11.5 Å². The summed E-state index contributed by atoms with van der Waals surface area (Å²) in [5.41, 5.74) is 3.20. The lowest BCUT2D eigenvalue weighted by atomic mass is 9.85. The molecule has 1 aromatic carbocycles. The number of hydrogen-bond donors (Lipinski definition) is 0. The maximum Gasteiger partial charge on any atom is 0.0828 e. The first-order valence-corrected chi connectivity index (χ1v) is 8.62. The van der Waals surface area contributed by atoms with Crippen molar-refractivity contribution < 1.29 is 4.74 Å². The van der Waals surface area contributed by atoms with Gasteiger partial charge in [0.25, 0.3) is 0 Å². The Morgan fingerprint density at radius 3 is 2.68 bits per heavy atom. The molecular weight excluding hydrogens is 300 g/mol. The summed E-state index contributed by atoms with van der Waals surface area (Å²) in [6, 6.07) is 8.77. The Labute approximate surface area is 125 Å². The first kappa shape index (κ1) is 15.1. The molecule has 0 heterocycles. The predicted molar refractivity (Wildman–Crippen MR) is 84.9 cm³/mol. The molecule has 0 amide bonds. The van der Waals surface area contributed by atoms with Crippen LogP contribution in [0.5, 0.6) is 0 Å². The molecule has 0 fully saturated rings. The van der Waals surface area contributed by atoms with Crippen LogP contribution in [0.1, 0.15) is 56.8 Å². The van der Waals surface area contributed by atoms with Crippen molar-refractivity contribution >= 4 is 15.9 Å². The number of benzene rings is 1. The monoisotopic (exact) mass is 324 g/mol. The molecule has 0 saturated heterocycles. The molecule has 1 aliphatic rings. The second-order valence-corrected chi connectivity index (χ2v) is 6.29. The Morgan fingerprint density at radius 2 is 2.00 bits per heavy atom. The summed E-state index contributed by atoms with van der Waals surface area (Å²) in [5.74, 6) is 0. The molecule has 0 radical (unpaired) electrons. The van der Waals surface area contributed by atoms with Crippen LogP contribution in [0, 0.1) is 5.41 Å². The summed E-state index contributed by atoms with van der Waals surface area (Å²) >= 11 is 3.67. The van der Waals surface area contributed by atoms with Crippen LogP contribution in [-0.4, -0.2) is 11.9 Å². The van der Waals surface area contributed by atoms with E-state index in [4.69, 9.17) is 4.74 Å². The van der Waals surface area contributed by atoms with Gasteiger partial charge in [0.05, 0.1) is 12.7 Å². The third-order valence-corrected chi connectivity index (χ3v) is 5.88. The van der Waals surface area contributed by atoms with Gasteiger partial charge in [-0.3, -0.25) is 0 Å². The van der Waals surface area contributed by atoms with Crippen LogP contribution < -0.4 is 0 Å². The van der Waals surface area contributed by atoms with Crippen molar-refractivity contribution in [2.24, 2.45) is 5.41 Å². The zero-order valence-electron chi connectivity index (χ0n) is 12.1. The van der Waals surface area contributed by atoms with Crippen molar-refractivity contribution in [1.29, 1.82) is 0 Å². The summed E-state index contributed by atoms with van der Waals surface area (Å²) < 4.78 is 6.32. The Kier molecular flexibility index (Phi) is 5.47. The first-order valence-electron chi connectivity index (χ1n) is 7.50. The van der Waals surface area contributed by atoms with E-state index in [1.165, 1.54) is 43.2 Å². The second-order valence-electron chi connectivity index (χ2n) is 5.73. The van der Waals surface area contributed by atoms with Crippen molar-refractivity contribution in [3.05, 3.63) is 35.4 Å². The maximum absolute atomic E-state index is 6.32. The van der Waals surface area contributed by atoms with Crippen molar-refractivity contribution in [2.45, 2.75) is 52.1 Å². The molecule has 2 rings (SSSR count). The number of hydrogen-bond acceptors (Lipinski definition) is 1. The second kappa shape index (κ2) is 6.90. The average Bonchev–Trinajstić information content (AvgIpc) is 2.49. The zero-order chi connectivity index (χ0) is 13.7. The maximum atomic E-state index is 6.32. The highest BCUT2D eigenvalue weighted by atomic mass is 79.9. The minimum absolute atomic E-state index is 0.298. The number of aryl methyl sites for hydroxylation is 1. The van der Waals surface area contributed by atoms with Gasteiger partial charge in [-0.2, -0.15) is 0 Å². The number of halogens is 1.